The van der Waals surface area contributed by atoms with Gasteiger partial charge >= 0.3 is 0 Å². The number of hydrogen-bond acceptors (Lipinski definition) is 3. The number of nitrogen functional groups attached to an aromatic ring is 1. The first-order chi connectivity index (χ1) is 9.88. The highest BCUT2D eigenvalue weighted by Gasteiger charge is 2.15. The highest BCUT2D eigenvalue weighted by molar-refractivity contribution is 5.87. The summed E-state index contributed by atoms with van der Waals surface area (Å²) in [5.41, 5.74) is 7.39. The van der Waals surface area contributed by atoms with Crippen LogP contribution in [0, 0.1) is 5.92 Å². The van der Waals surface area contributed by atoms with Crippen molar-refractivity contribution in [2.24, 2.45) is 5.92 Å². The van der Waals surface area contributed by atoms with Crippen LogP contribution in [0.5, 0.6) is 0 Å². The van der Waals surface area contributed by atoms with E-state index in [-0.39, 0.29) is 11.8 Å². The van der Waals surface area contributed by atoms with Gasteiger partial charge in [0.25, 0.3) is 0 Å². The Kier molecular flexibility index (Phi) is 6.72. The number of carbonyl (C=O) groups is 2. The van der Waals surface area contributed by atoms with Crippen LogP contribution in [0.3, 0.4) is 0 Å². The average Bonchev–Trinajstić information content (AvgIpc) is 2.42. The molecule has 0 heterocycles. The van der Waals surface area contributed by atoms with Crippen LogP contribution in [0.15, 0.2) is 24.3 Å². The van der Waals surface area contributed by atoms with Crippen LogP contribution in [-0.4, -0.2) is 24.4 Å². The number of anilines is 1. The molecular formula is C16H25N3O2. The Balaban J connectivity index is 2.34. The minimum Gasteiger partial charge on any atom is -0.399 e. The number of benzene rings is 1. The fourth-order valence-corrected chi connectivity index (χ4v) is 1.84. The lowest BCUT2D eigenvalue weighted by Crippen LogP contribution is -2.45. The number of amides is 2. The van der Waals surface area contributed by atoms with Gasteiger partial charge in [0.1, 0.15) is 6.04 Å². The second-order valence-corrected chi connectivity index (χ2v) is 5.67. The summed E-state index contributed by atoms with van der Waals surface area (Å²) in [7, 11) is 0. The summed E-state index contributed by atoms with van der Waals surface area (Å²) in [6, 6.07) is 6.95. The van der Waals surface area contributed by atoms with Crippen molar-refractivity contribution < 1.29 is 9.59 Å². The zero-order chi connectivity index (χ0) is 15.8. The molecule has 21 heavy (non-hydrogen) atoms. The lowest BCUT2D eigenvalue weighted by atomic mass is 10.1. The Morgan fingerprint density at radius 3 is 2.57 bits per heavy atom. The molecule has 5 nitrogen and oxygen atoms in total. The summed E-state index contributed by atoms with van der Waals surface area (Å²) >= 11 is 0. The lowest BCUT2D eigenvalue weighted by Gasteiger charge is -2.15. The van der Waals surface area contributed by atoms with Crippen LogP contribution < -0.4 is 16.4 Å². The van der Waals surface area contributed by atoms with Crippen molar-refractivity contribution in [1.82, 2.24) is 10.6 Å². The molecule has 0 aliphatic heterocycles. The second-order valence-electron chi connectivity index (χ2n) is 5.67. The van der Waals surface area contributed by atoms with Crippen LogP contribution in [0.25, 0.3) is 0 Å². The van der Waals surface area contributed by atoms with E-state index in [1.807, 2.05) is 38.1 Å². The molecule has 0 spiro atoms. The Bertz CT molecular complexity index is 486. The summed E-state index contributed by atoms with van der Waals surface area (Å²) in [6.45, 7) is 6.35. The molecule has 0 aliphatic rings. The number of hydrogen-bond donors (Lipinski definition) is 3. The Labute approximate surface area is 126 Å². The molecule has 0 saturated carbocycles. The van der Waals surface area contributed by atoms with Gasteiger partial charge in [-0.15, -0.1) is 0 Å². The van der Waals surface area contributed by atoms with Gasteiger partial charge in [-0.1, -0.05) is 26.0 Å². The number of carbonyl (C=O) groups excluding carboxylic acids is 2. The first-order valence-electron chi connectivity index (χ1n) is 7.30. The van der Waals surface area contributed by atoms with Gasteiger partial charge in [0.05, 0.1) is 0 Å². The van der Waals surface area contributed by atoms with E-state index in [9.17, 15) is 9.59 Å². The van der Waals surface area contributed by atoms with Crippen molar-refractivity contribution in [3.05, 3.63) is 29.8 Å². The van der Waals surface area contributed by atoms with E-state index in [1.54, 1.807) is 6.92 Å². The third-order valence-corrected chi connectivity index (χ3v) is 3.05. The average molecular weight is 291 g/mol. The normalized spacial score (nSPS) is 12.0. The number of rotatable bonds is 7. The standard InChI is InChI=1S/C16H25N3O2/c1-11(2)10-18-16(21)12(3)19-15(20)8-7-13-5-4-6-14(17)9-13/h4-6,9,11-12H,7-8,10,17H2,1-3H3,(H,18,21)(H,19,20). The predicted octanol–water partition coefficient (Wildman–Crippen LogP) is 1.48. The van der Waals surface area contributed by atoms with E-state index in [0.29, 0.717) is 31.0 Å². The molecule has 4 N–H and O–H groups in total. The third-order valence-electron chi connectivity index (χ3n) is 3.05. The minimum atomic E-state index is -0.517. The molecule has 0 radical (unpaired) electrons. The van der Waals surface area contributed by atoms with E-state index in [4.69, 9.17) is 5.73 Å². The van der Waals surface area contributed by atoms with Crippen molar-refractivity contribution in [2.45, 2.75) is 39.7 Å². The highest BCUT2D eigenvalue weighted by Crippen LogP contribution is 2.08. The van der Waals surface area contributed by atoms with Gasteiger partial charge in [-0.3, -0.25) is 9.59 Å². The molecule has 1 aromatic rings. The smallest absolute Gasteiger partial charge is 0.242 e. The molecule has 0 bridgehead atoms. The van der Waals surface area contributed by atoms with Crippen molar-refractivity contribution in [1.29, 1.82) is 0 Å². The zero-order valence-corrected chi connectivity index (χ0v) is 13.0. The Morgan fingerprint density at radius 1 is 1.24 bits per heavy atom. The first kappa shape index (κ1) is 17.0. The molecule has 1 atom stereocenters. The van der Waals surface area contributed by atoms with Crippen LogP contribution in [-0.2, 0) is 16.0 Å². The van der Waals surface area contributed by atoms with Gasteiger partial charge < -0.3 is 16.4 Å². The van der Waals surface area contributed by atoms with Gasteiger partial charge in [-0.2, -0.15) is 0 Å². The van der Waals surface area contributed by atoms with Crippen molar-refractivity contribution in [3.63, 3.8) is 0 Å². The molecule has 1 rings (SSSR count). The van der Waals surface area contributed by atoms with E-state index in [0.717, 1.165) is 5.56 Å². The van der Waals surface area contributed by atoms with Crippen LogP contribution in [0.1, 0.15) is 32.8 Å². The lowest BCUT2D eigenvalue weighted by molar-refractivity contribution is -0.128. The molecule has 116 valence electrons. The first-order valence-corrected chi connectivity index (χ1v) is 7.30. The number of nitrogens with two attached hydrogens (primary N) is 1. The maximum atomic E-state index is 11.8. The van der Waals surface area contributed by atoms with E-state index < -0.39 is 6.04 Å². The molecule has 0 saturated heterocycles. The fourth-order valence-electron chi connectivity index (χ4n) is 1.84. The van der Waals surface area contributed by atoms with Crippen LogP contribution in [0.4, 0.5) is 5.69 Å². The predicted molar refractivity (Wildman–Crippen MR) is 84.6 cm³/mol. The van der Waals surface area contributed by atoms with Gasteiger partial charge in [-0.25, -0.2) is 0 Å². The monoisotopic (exact) mass is 291 g/mol. The number of nitrogens with one attached hydrogen (secondary N) is 2. The van der Waals surface area contributed by atoms with Gasteiger partial charge in [0, 0.05) is 18.7 Å². The van der Waals surface area contributed by atoms with Gasteiger partial charge in [0.2, 0.25) is 11.8 Å². The van der Waals surface area contributed by atoms with Crippen molar-refractivity contribution in [2.75, 3.05) is 12.3 Å². The Morgan fingerprint density at radius 2 is 1.95 bits per heavy atom. The van der Waals surface area contributed by atoms with Crippen molar-refractivity contribution in [3.8, 4) is 0 Å². The number of aryl methyl sites for hydroxylation is 1. The largest absolute Gasteiger partial charge is 0.399 e. The van der Waals surface area contributed by atoms with Crippen LogP contribution in [0.2, 0.25) is 0 Å². The SMILES string of the molecule is CC(C)CNC(=O)C(C)NC(=O)CCc1cccc(N)c1. The molecule has 0 fully saturated rings. The summed E-state index contributed by atoms with van der Waals surface area (Å²) in [6.07, 6.45) is 0.947. The highest BCUT2D eigenvalue weighted by atomic mass is 16.2. The zero-order valence-electron chi connectivity index (χ0n) is 13.0. The molecule has 5 heteroatoms. The van der Waals surface area contributed by atoms with Gasteiger partial charge in [-0.05, 0) is 37.0 Å². The molecule has 0 aromatic heterocycles. The maximum Gasteiger partial charge on any atom is 0.242 e. The molecule has 1 unspecified atom stereocenters. The third kappa shape index (κ3) is 6.79. The quantitative estimate of drug-likeness (QED) is 0.665. The Hall–Kier alpha value is -2.04. The molecular weight excluding hydrogens is 266 g/mol. The van der Waals surface area contributed by atoms with E-state index in [1.165, 1.54) is 0 Å². The summed E-state index contributed by atoms with van der Waals surface area (Å²) in [4.78, 5) is 23.6. The van der Waals surface area contributed by atoms with Gasteiger partial charge in [0.15, 0.2) is 0 Å². The topological polar surface area (TPSA) is 84.2 Å². The molecule has 0 aliphatic carbocycles. The minimum absolute atomic E-state index is 0.135. The second kappa shape index (κ2) is 8.29. The maximum absolute atomic E-state index is 11.8. The van der Waals surface area contributed by atoms with E-state index in [2.05, 4.69) is 10.6 Å². The summed E-state index contributed by atoms with van der Waals surface area (Å²) < 4.78 is 0. The fraction of sp³-hybridized carbons (Fsp3) is 0.500. The van der Waals surface area contributed by atoms with Crippen LogP contribution >= 0.6 is 0 Å². The van der Waals surface area contributed by atoms with E-state index >= 15 is 0 Å². The molecule has 1 aromatic carbocycles. The molecule has 2 amide bonds. The van der Waals surface area contributed by atoms with Crippen molar-refractivity contribution >= 4 is 17.5 Å². The summed E-state index contributed by atoms with van der Waals surface area (Å²) in [5, 5.41) is 5.50. The summed E-state index contributed by atoms with van der Waals surface area (Å²) in [5.74, 6) is 0.103.